The van der Waals surface area contributed by atoms with Crippen molar-refractivity contribution in [3.8, 4) is 0 Å². The molecule has 1 unspecified atom stereocenters. The Morgan fingerprint density at radius 2 is 2.31 bits per heavy atom. The molecule has 0 spiro atoms. The van der Waals surface area contributed by atoms with Crippen molar-refractivity contribution in [1.29, 1.82) is 0 Å². The molecular formula is C11H23N3O2. The van der Waals surface area contributed by atoms with Crippen LogP contribution in [0.15, 0.2) is 0 Å². The number of rotatable bonds is 3. The maximum atomic E-state index is 11.8. The Hall–Kier alpha value is -0.810. The second-order valence-corrected chi connectivity index (χ2v) is 5.00. The van der Waals surface area contributed by atoms with Crippen molar-refractivity contribution in [2.75, 3.05) is 32.8 Å². The molecule has 5 heteroatoms. The van der Waals surface area contributed by atoms with E-state index in [0.717, 1.165) is 0 Å². The van der Waals surface area contributed by atoms with E-state index in [-0.39, 0.29) is 6.03 Å². The monoisotopic (exact) mass is 229 g/mol. The van der Waals surface area contributed by atoms with E-state index in [1.807, 2.05) is 6.92 Å². The fourth-order valence-electron chi connectivity index (χ4n) is 1.63. The van der Waals surface area contributed by atoms with Gasteiger partial charge in [-0.1, -0.05) is 13.8 Å². The standard InChI is InChI=1S/C11H23N3O2/c1-9(2)6-13-10(15)14-4-5-16-11(3,7-12)8-14/h9H,4-8,12H2,1-3H3,(H,13,15). The van der Waals surface area contributed by atoms with Gasteiger partial charge in [-0.3, -0.25) is 0 Å². The first kappa shape index (κ1) is 13.3. The summed E-state index contributed by atoms with van der Waals surface area (Å²) in [6, 6.07) is -0.0170. The summed E-state index contributed by atoms with van der Waals surface area (Å²) in [6.45, 7) is 8.98. The number of carbonyl (C=O) groups excluding carboxylic acids is 1. The highest BCUT2D eigenvalue weighted by Gasteiger charge is 2.32. The largest absolute Gasteiger partial charge is 0.370 e. The van der Waals surface area contributed by atoms with Crippen LogP contribution in [0, 0.1) is 5.92 Å². The Balaban J connectivity index is 2.44. The van der Waals surface area contributed by atoms with Crippen LogP contribution in [0.4, 0.5) is 4.79 Å². The molecule has 5 nitrogen and oxygen atoms in total. The Morgan fingerprint density at radius 1 is 1.62 bits per heavy atom. The van der Waals surface area contributed by atoms with Gasteiger partial charge in [-0.05, 0) is 12.8 Å². The molecule has 2 amide bonds. The van der Waals surface area contributed by atoms with Gasteiger partial charge in [0.2, 0.25) is 0 Å². The Labute approximate surface area is 97.3 Å². The van der Waals surface area contributed by atoms with Crippen molar-refractivity contribution in [2.45, 2.75) is 26.4 Å². The quantitative estimate of drug-likeness (QED) is 0.736. The second-order valence-electron chi connectivity index (χ2n) is 5.00. The normalized spacial score (nSPS) is 25.9. The molecule has 0 aromatic rings. The first-order chi connectivity index (χ1) is 7.47. The van der Waals surface area contributed by atoms with E-state index in [4.69, 9.17) is 10.5 Å². The smallest absolute Gasteiger partial charge is 0.317 e. The van der Waals surface area contributed by atoms with Crippen molar-refractivity contribution >= 4 is 6.03 Å². The predicted molar refractivity (Wildman–Crippen MR) is 63.2 cm³/mol. The van der Waals surface area contributed by atoms with Gasteiger partial charge in [0.05, 0.1) is 18.8 Å². The van der Waals surface area contributed by atoms with Gasteiger partial charge in [-0.15, -0.1) is 0 Å². The van der Waals surface area contributed by atoms with Crippen LogP contribution in [0.25, 0.3) is 0 Å². The summed E-state index contributed by atoms with van der Waals surface area (Å²) < 4.78 is 5.57. The second kappa shape index (κ2) is 5.50. The molecule has 0 saturated carbocycles. The van der Waals surface area contributed by atoms with Crippen LogP contribution in [0.1, 0.15) is 20.8 Å². The zero-order valence-electron chi connectivity index (χ0n) is 10.5. The number of amides is 2. The predicted octanol–water partition coefficient (Wildman–Crippen LogP) is 0.402. The summed E-state index contributed by atoms with van der Waals surface area (Å²) in [6.07, 6.45) is 0. The van der Waals surface area contributed by atoms with Crippen LogP contribution >= 0.6 is 0 Å². The summed E-state index contributed by atoms with van der Waals surface area (Å²) in [5.41, 5.74) is 5.24. The number of hydrogen-bond acceptors (Lipinski definition) is 3. The third-order valence-electron chi connectivity index (χ3n) is 2.72. The van der Waals surface area contributed by atoms with E-state index in [0.29, 0.717) is 38.7 Å². The molecule has 3 N–H and O–H groups in total. The highest BCUT2D eigenvalue weighted by Crippen LogP contribution is 2.15. The van der Waals surface area contributed by atoms with Crippen molar-refractivity contribution in [3.63, 3.8) is 0 Å². The molecule has 16 heavy (non-hydrogen) atoms. The first-order valence-electron chi connectivity index (χ1n) is 5.83. The Morgan fingerprint density at radius 3 is 2.88 bits per heavy atom. The lowest BCUT2D eigenvalue weighted by molar-refractivity contribution is -0.0791. The van der Waals surface area contributed by atoms with Crippen molar-refractivity contribution in [3.05, 3.63) is 0 Å². The minimum absolute atomic E-state index is 0.0170. The number of nitrogens with one attached hydrogen (secondary N) is 1. The van der Waals surface area contributed by atoms with Crippen molar-refractivity contribution < 1.29 is 9.53 Å². The van der Waals surface area contributed by atoms with Crippen LogP contribution in [-0.2, 0) is 4.74 Å². The SMILES string of the molecule is CC(C)CNC(=O)N1CCOC(C)(CN)C1. The first-order valence-corrected chi connectivity index (χ1v) is 5.83. The average Bonchev–Trinajstić information content (AvgIpc) is 2.26. The molecule has 0 aliphatic carbocycles. The third-order valence-corrected chi connectivity index (χ3v) is 2.72. The van der Waals surface area contributed by atoms with Gasteiger partial charge >= 0.3 is 6.03 Å². The summed E-state index contributed by atoms with van der Waals surface area (Å²) >= 11 is 0. The molecule has 1 aliphatic rings. The molecule has 0 radical (unpaired) electrons. The molecule has 1 aliphatic heterocycles. The van der Waals surface area contributed by atoms with Crippen LogP contribution in [0.2, 0.25) is 0 Å². The van der Waals surface area contributed by atoms with Gasteiger partial charge in [0.15, 0.2) is 0 Å². The van der Waals surface area contributed by atoms with E-state index in [2.05, 4.69) is 19.2 Å². The van der Waals surface area contributed by atoms with E-state index < -0.39 is 5.60 Å². The molecule has 1 fully saturated rings. The highest BCUT2D eigenvalue weighted by atomic mass is 16.5. The lowest BCUT2D eigenvalue weighted by Crippen LogP contribution is -2.57. The minimum Gasteiger partial charge on any atom is -0.370 e. The Kier molecular flexibility index (Phi) is 4.56. The van der Waals surface area contributed by atoms with E-state index in [9.17, 15) is 4.79 Å². The fourth-order valence-corrected chi connectivity index (χ4v) is 1.63. The molecule has 0 aromatic carbocycles. The average molecular weight is 229 g/mol. The molecule has 1 atom stereocenters. The zero-order chi connectivity index (χ0) is 12.2. The maximum absolute atomic E-state index is 11.8. The van der Waals surface area contributed by atoms with Crippen molar-refractivity contribution in [2.24, 2.45) is 11.7 Å². The Bertz CT molecular complexity index is 245. The molecule has 1 heterocycles. The molecule has 1 rings (SSSR count). The van der Waals surface area contributed by atoms with Gasteiger partial charge in [-0.25, -0.2) is 4.79 Å². The third kappa shape index (κ3) is 3.64. The van der Waals surface area contributed by atoms with Crippen LogP contribution in [0.5, 0.6) is 0 Å². The maximum Gasteiger partial charge on any atom is 0.317 e. The summed E-state index contributed by atoms with van der Waals surface area (Å²) in [5, 5.41) is 2.90. The van der Waals surface area contributed by atoms with Crippen molar-refractivity contribution in [1.82, 2.24) is 10.2 Å². The number of ether oxygens (including phenoxy) is 1. The minimum atomic E-state index is -0.395. The number of hydrogen-bond donors (Lipinski definition) is 2. The summed E-state index contributed by atoms with van der Waals surface area (Å²) in [5.74, 6) is 0.464. The number of nitrogens with zero attached hydrogens (tertiary/aromatic N) is 1. The van der Waals surface area contributed by atoms with Crippen LogP contribution in [0.3, 0.4) is 0 Å². The molecule has 94 valence electrons. The number of nitrogens with two attached hydrogens (primary N) is 1. The lowest BCUT2D eigenvalue weighted by atomic mass is 10.1. The van der Waals surface area contributed by atoms with Gasteiger partial charge in [0, 0.05) is 19.6 Å². The molecule has 0 bridgehead atoms. The fraction of sp³-hybridized carbons (Fsp3) is 0.909. The van der Waals surface area contributed by atoms with Crippen LogP contribution < -0.4 is 11.1 Å². The summed E-state index contributed by atoms with van der Waals surface area (Å²) in [7, 11) is 0. The molecule has 1 saturated heterocycles. The van der Waals surface area contributed by atoms with Gasteiger partial charge in [0.1, 0.15) is 0 Å². The van der Waals surface area contributed by atoms with Gasteiger partial charge in [-0.2, -0.15) is 0 Å². The van der Waals surface area contributed by atoms with Gasteiger partial charge < -0.3 is 20.7 Å². The zero-order valence-corrected chi connectivity index (χ0v) is 10.5. The summed E-state index contributed by atoms with van der Waals surface area (Å²) in [4.78, 5) is 13.6. The number of carbonyl (C=O) groups is 1. The lowest BCUT2D eigenvalue weighted by Gasteiger charge is -2.39. The topological polar surface area (TPSA) is 67.6 Å². The number of urea groups is 1. The van der Waals surface area contributed by atoms with E-state index >= 15 is 0 Å². The molecular weight excluding hydrogens is 206 g/mol. The van der Waals surface area contributed by atoms with Gasteiger partial charge in [0.25, 0.3) is 0 Å². The van der Waals surface area contributed by atoms with Crippen LogP contribution in [-0.4, -0.2) is 49.3 Å². The van der Waals surface area contributed by atoms with E-state index in [1.54, 1.807) is 4.90 Å². The molecule has 0 aromatic heterocycles. The highest BCUT2D eigenvalue weighted by molar-refractivity contribution is 5.74. The van der Waals surface area contributed by atoms with E-state index in [1.165, 1.54) is 0 Å². The number of morpholine rings is 1.